The van der Waals surface area contributed by atoms with Crippen LogP contribution in [0.2, 0.25) is 0 Å². The minimum absolute atomic E-state index is 0.153. The van der Waals surface area contributed by atoms with Gasteiger partial charge in [0.15, 0.2) is 0 Å². The van der Waals surface area contributed by atoms with Gasteiger partial charge in [-0.25, -0.2) is 0 Å². The smallest absolute Gasteiger partial charge is 0.259 e. The lowest BCUT2D eigenvalue weighted by molar-refractivity contribution is 0.0179. The number of anilines is 1. The van der Waals surface area contributed by atoms with Crippen LogP contribution in [-0.4, -0.2) is 70.9 Å². The third-order valence-electron chi connectivity index (χ3n) is 5.03. The van der Waals surface area contributed by atoms with Crippen molar-refractivity contribution in [2.45, 2.75) is 31.6 Å². The summed E-state index contributed by atoms with van der Waals surface area (Å²) < 4.78 is 21.6. The van der Waals surface area contributed by atoms with Gasteiger partial charge in [0.25, 0.3) is 11.8 Å². The highest BCUT2D eigenvalue weighted by atomic mass is 32.2. The number of rotatable bonds is 18. The maximum atomic E-state index is 13.2. The van der Waals surface area contributed by atoms with E-state index in [2.05, 4.69) is 17.6 Å². The van der Waals surface area contributed by atoms with Gasteiger partial charge in [-0.2, -0.15) is 0 Å². The molecule has 2 aromatic carbocycles. The van der Waals surface area contributed by atoms with E-state index < -0.39 is 0 Å². The molecule has 0 aliphatic carbocycles. The lowest BCUT2D eigenvalue weighted by Gasteiger charge is -2.15. The lowest BCUT2D eigenvalue weighted by Crippen LogP contribution is -2.24. The molecule has 0 fully saturated rings. The van der Waals surface area contributed by atoms with Crippen molar-refractivity contribution in [2.24, 2.45) is 0 Å². The van der Waals surface area contributed by atoms with Crippen molar-refractivity contribution in [3.05, 3.63) is 53.6 Å². The van der Waals surface area contributed by atoms with E-state index in [9.17, 15) is 9.59 Å². The Kier molecular flexibility index (Phi) is 14.6. The number of thioether (sulfide) groups is 1. The minimum atomic E-state index is -0.306. The summed E-state index contributed by atoms with van der Waals surface area (Å²) in [7, 11) is 1.63. The third-order valence-corrected chi connectivity index (χ3v) is 5.98. The van der Waals surface area contributed by atoms with Crippen molar-refractivity contribution in [1.82, 2.24) is 5.32 Å². The van der Waals surface area contributed by atoms with Crippen molar-refractivity contribution in [3.8, 4) is 5.75 Å². The molecule has 198 valence electrons. The van der Waals surface area contributed by atoms with E-state index in [0.717, 1.165) is 23.5 Å². The Morgan fingerprint density at radius 1 is 0.889 bits per heavy atom. The average molecular weight is 519 g/mol. The average Bonchev–Trinajstić information content (AvgIpc) is 2.89. The molecule has 2 N–H and O–H groups in total. The van der Waals surface area contributed by atoms with Crippen LogP contribution in [0.25, 0.3) is 0 Å². The number of methoxy groups -OCH3 is 1. The van der Waals surface area contributed by atoms with Crippen LogP contribution in [0.5, 0.6) is 5.75 Å². The number of benzene rings is 2. The molecule has 0 atom stereocenters. The summed E-state index contributed by atoms with van der Waals surface area (Å²) in [5, 5.41) is 5.89. The van der Waals surface area contributed by atoms with Gasteiger partial charge in [0.05, 0.1) is 44.3 Å². The molecule has 0 saturated carbocycles. The van der Waals surface area contributed by atoms with E-state index in [-0.39, 0.29) is 11.8 Å². The van der Waals surface area contributed by atoms with Gasteiger partial charge in [0.1, 0.15) is 12.4 Å². The highest BCUT2D eigenvalue weighted by Crippen LogP contribution is 2.29. The highest BCUT2D eigenvalue weighted by molar-refractivity contribution is 7.99. The van der Waals surface area contributed by atoms with Crippen LogP contribution in [0.3, 0.4) is 0 Å². The first kappa shape index (κ1) is 29.6. The summed E-state index contributed by atoms with van der Waals surface area (Å²) in [4.78, 5) is 26.6. The molecule has 0 aliphatic heterocycles. The minimum Gasteiger partial charge on any atom is -0.490 e. The molecule has 0 radical (unpaired) electrons. The summed E-state index contributed by atoms with van der Waals surface area (Å²) in [5.41, 5.74) is 1.52. The third kappa shape index (κ3) is 10.6. The molecule has 0 spiro atoms. The first-order valence-corrected chi connectivity index (χ1v) is 13.3. The fourth-order valence-corrected chi connectivity index (χ4v) is 3.92. The summed E-state index contributed by atoms with van der Waals surface area (Å²) in [5.74, 6) is 0.842. The molecule has 2 rings (SSSR count). The van der Waals surface area contributed by atoms with Gasteiger partial charge in [-0.1, -0.05) is 32.4 Å². The van der Waals surface area contributed by atoms with Gasteiger partial charge < -0.3 is 29.6 Å². The monoisotopic (exact) mass is 518 g/mol. The molecule has 0 saturated heterocycles. The van der Waals surface area contributed by atoms with Crippen molar-refractivity contribution in [2.75, 3.05) is 64.4 Å². The van der Waals surface area contributed by atoms with Gasteiger partial charge >= 0.3 is 0 Å². The molecule has 0 aliphatic rings. The molecule has 2 aromatic rings. The van der Waals surface area contributed by atoms with Crippen LogP contribution >= 0.6 is 11.8 Å². The summed E-state index contributed by atoms with van der Waals surface area (Å²) in [6.45, 7) is 7.43. The maximum absolute atomic E-state index is 13.2. The Balaban J connectivity index is 1.99. The first-order chi connectivity index (χ1) is 17.6. The molecule has 0 bridgehead atoms. The van der Waals surface area contributed by atoms with Gasteiger partial charge in [-0.3, -0.25) is 9.59 Å². The van der Waals surface area contributed by atoms with E-state index in [0.29, 0.717) is 68.7 Å². The van der Waals surface area contributed by atoms with Crippen LogP contribution in [0, 0.1) is 0 Å². The molecule has 0 heterocycles. The molecular formula is C27H38N2O6S. The Bertz CT molecular complexity index is 940. The quantitative estimate of drug-likeness (QED) is 0.219. The second-order valence-electron chi connectivity index (χ2n) is 7.77. The Hall–Kier alpha value is -2.59. The molecule has 36 heavy (non-hydrogen) atoms. The number of unbranched alkanes of at least 4 members (excludes halogenated alkanes) is 1. The Morgan fingerprint density at radius 3 is 2.33 bits per heavy atom. The van der Waals surface area contributed by atoms with Crippen molar-refractivity contribution in [3.63, 3.8) is 0 Å². The summed E-state index contributed by atoms with van der Waals surface area (Å²) in [6.07, 6.45) is 1.92. The predicted octanol–water partition coefficient (Wildman–Crippen LogP) is 4.64. The van der Waals surface area contributed by atoms with E-state index in [1.54, 1.807) is 49.2 Å². The molecule has 0 aromatic heterocycles. The standard InChI is InChI=1S/C27H38N2O6S/c1-4-6-13-28-26(30)21-11-12-25(36-5-2)23(20-21)29-27(31)22-9-7-8-10-24(22)35-19-18-34-17-16-33-15-14-32-3/h7-12,20H,4-6,13-19H2,1-3H3,(H,28,30)(H,29,31). The van der Waals surface area contributed by atoms with Crippen LogP contribution in [0.15, 0.2) is 47.4 Å². The van der Waals surface area contributed by atoms with Crippen LogP contribution in [0.1, 0.15) is 47.4 Å². The van der Waals surface area contributed by atoms with Gasteiger partial charge in [0.2, 0.25) is 0 Å². The van der Waals surface area contributed by atoms with Crippen LogP contribution < -0.4 is 15.4 Å². The largest absolute Gasteiger partial charge is 0.490 e. The zero-order valence-corrected chi connectivity index (χ0v) is 22.3. The molecule has 9 heteroatoms. The topological polar surface area (TPSA) is 95.1 Å². The van der Waals surface area contributed by atoms with Gasteiger partial charge in [0, 0.05) is 24.1 Å². The van der Waals surface area contributed by atoms with Gasteiger partial charge in [-0.05, 0) is 42.5 Å². The Labute approximate surface area is 218 Å². The number of amides is 2. The number of nitrogens with one attached hydrogen (secondary N) is 2. The summed E-state index contributed by atoms with van der Waals surface area (Å²) >= 11 is 1.60. The number of carbonyl (C=O) groups excluding carboxylic acids is 2. The number of hydrogen-bond donors (Lipinski definition) is 2. The van der Waals surface area contributed by atoms with E-state index in [4.69, 9.17) is 18.9 Å². The lowest BCUT2D eigenvalue weighted by atomic mass is 10.1. The summed E-state index contributed by atoms with van der Waals surface area (Å²) in [6, 6.07) is 12.4. The van der Waals surface area contributed by atoms with E-state index in [1.807, 2.05) is 19.1 Å². The van der Waals surface area contributed by atoms with Crippen molar-refractivity contribution < 1.29 is 28.5 Å². The van der Waals surface area contributed by atoms with E-state index >= 15 is 0 Å². The SMILES string of the molecule is CCCCNC(=O)c1ccc(SCC)c(NC(=O)c2ccccc2OCCOCCOCCOC)c1. The molecule has 0 unspecified atom stereocenters. The molecule has 8 nitrogen and oxygen atoms in total. The molecular weight excluding hydrogens is 480 g/mol. The number of carbonyl (C=O) groups is 2. The number of para-hydroxylation sites is 1. The highest BCUT2D eigenvalue weighted by Gasteiger charge is 2.16. The second-order valence-corrected chi connectivity index (χ2v) is 9.08. The zero-order chi connectivity index (χ0) is 26.0. The van der Waals surface area contributed by atoms with Crippen LogP contribution in [0.4, 0.5) is 5.69 Å². The zero-order valence-electron chi connectivity index (χ0n) is 21.5. The fraction of sp³-hybridized carbons (Fsp3) is 0.481. The number of hydrogen-bond acceptors (Lipinski definition) is 7. The maximum Gasteiger partial charge on any atom is 0.259 e. The van der Waals surface area contributed by atoms with E-state index in [1.165, 1.54) is 0 Å². The van der Waals surface area contributed by atoms with Crippen molar-refractivity contribution in [1.29, 1.82) is 0 Å². The van der Waals surface area contributed by atoms with Crippen molar-refractivity contribution >= 4 is 29.3 Å². The first-order valence-electron chi connectivity index (χ1n) is 12.3. The second kappa shape index (κ2) is 17.8. The predicted molar refractivity (Wildman–Crippen MR) is 143 cm³/mol. The van der Waals surface area contributed by atoms with Crippen LogP contribution in [-0.2, 0) is 14.2 Å². The fourth-order valence-electron chi connectivity index (χ4n) is 3.18. The van der Waals surface area contributed by atoms with Gasteiger partial charge in [-0.15, -0.1) is 11.8 Å². The number of ether oxygens (including phenoxy) is 4. The normalized spacial score (nSPS) is 10.8. The molecule has 2 amide bonds. The Morgan fingerprint density at radius 2 is 1.61 bits per heavy atom.